The Hall–Kier alpha value is -3.50. The molecule has 10 heteroatoms. The van der Waals surface area contributed by atoms with Gasteiger partial charge in [0.2, 0.25) is 0 Å². The number of anilines is 2. The molecule has 186 valence electrons. The van der Waals surface area contributed by atoms with E-state index >= 15 is 0 Å². The highest BCUT2D eigenvalue weighted by Gasteiger charge is 2.31. The van der Waals surface area contributed by atoms with E-state index in [0.29, 0.717) is 43.9 Å². The van der Waals surface area contributed by atoms with Gasteiger partial charge >= 0.3 is 0 Å². The maximum absolute atomic E-state index is 14.3. The van der Waals surface area contributed by atoms with Gasteiger partial charge in [-0.1, -0.05) is 17.7 Å². The fraction of sp³-hybridized carbons (Fsp3) is 0.308. The normalized spacial score (nSPS) is 16.4. The average Bonchev–Trinajstić information content (AvgIpc) is 3.23. The highest BCUT2D eigenvalue weighted by atomic mass is 32.2. The summed E-state index contributed by atoms with van der Waals surface area (Å²) < 4.78 is 48.5. The lowest BCUT2D eigenvalue weighted by Gasteiger charge is -2.30. The molecule has 0 radical (unpaired) electrons. The Kier molecular flexibility index (Phi) is 5.65. The van der Waals surface area contributed by atoms with Crippen LogP contribution in [0.4, 0.5) is 16.0 Å². The molecule has 0 aliphatic carbocycles. The van der Waals surface area contributed by atoms with Gasteiger partial charge in [0.05, 0.1) is 36.0 Å². The SMILES string of the molecule is Cc1ccc(S(=O)(=O)n2c3c(c4ccc(F)cc42)CN(c2cnc(N4CCOCC4)cn2)CC3)cc1. The first-order valence-electron chi connectivity index (χ1n) is 12.0. The number of fused-ring (bicyclic) bond motifs is 3. The number of nitrogens with zero attached hydrogens (tertiary/aromatic N) is 5. The molecule has 4 aromatic rings. The molecule has 0 unspecified atom stereocenters. The van der Waals surface area contributed by atoms with Crippen LogP contribution < -0.4 is 9.80 Å². The van der Waals surface area contributed by atoms with Crippen molar-refractivity contribution in [1.82, 2.24) is 13.9 Å². The third kappa shape index (κ3) is 3.90. The molecule has 2 aromatic carbocycles. The molecule has 36 heavy (non-hydrogen) atoms. The molecule has 0 N–H and O–H groups in total. The zero-order chi connectivity index (χ0) is 24.9. The third-order valence-corrected chi connectivity index (χ3v) is 8.67. The molecule has 2 aliphatic heterocycles. The molecule has 0 atom stereocenters. The smallest absolute Gasteiger partial charge is 0.268 e. The van der Waals surface area contributed by atoms with Gasteiger partial charge < -0.3 is 14.5 Å². The number of ether oxygens (including phenoxy) is 1. The molecule has 1 fully saturated rings. The van der Waals surface area contributed by atoms with Crippen molar-refractivity contribution < 1.29 is 17.5 Å². The lowest BCUT2D eigenvalue weighted by molar-refractivity contribution is 0.122. The van der Waals surface area contributed by atoms with E-state index in [4.69, 9.17) is 4.74 Å². The second-order valence-corrected chi connectivity index (χ2v) is 11.0. The number of hydrogen-bond donors (Lipinski definition) is 0. The van der Waals surface area contributed by atoms with Crippen LogP contribution in [0, 0.1) is 12.7 Å². The van der Waals surface area contributed by atoms with E-state index in [1.807, 2.05) is 6.92 Å². The molecule has 2 aromatic heterocycles. The Morgan fingerprint density at radius 2 is 1.61 bits per heavy atom. The predicted molar refractivity (Wildman–Crippen MR) is 135 cm³/mol. The van der Waals surface area contributed by atoms with E-state index in [-0.39, 0.29) is 4.90 Å². The van der Waals surface area contributed by atoms with Crippen LogP contribution in [0.5, 0.6) is 0 Å². The van der Waals surface area contributed by atoms with E-state index in [1.165, 1.54) is 16.1 Å². The summed E-state index contributed by atoms with van der Waals surface area (Å²) in [6.07, 6.45) is 4.01. The summed E-state index contributed by atoms with van der Waals surface area (Å²) in [5.74, 6) is 1.07. The van der Waals surface area contributed by atoms with Crippen LogP contribution in [0.3, 0.4) is 0 Å². The Balaban J connectivity index is 1.38. The lowest BCUT2D eigenvalue weighted by atomic mass is 10.0. The molecule has 6 rings (SSSR count). The van der Waals surface area contributed by atoms with Gasteiger partial charge in [0.25, 0.3) is 10.0 Å². The third-order valence-electron chi connectivity index (χ3n) is 6.91. The molecule has 0 bridgehead atoms. The summed E-state index contributed by atoms with van der Waals surface area (Å²) in [7, 11) is -3.91. The van der Waals surface area contributed by atoms with Gasteiger partial charge in [-0.3, -0.25) is 0 Å². The monoisotopic (exact) mass is 507 g/mol. The molecule has 4 heterocycles. The van der Waals surface area contributed by atoms with E-state index in [1.54, 1.807) is 42.7 Å². The standard InChI is InChI=1S/C26H26FN5O3S/c1-18-2-5-20(6-3-18)36(33,34)32-23-8-9-31(17-22(23)21-7-4-19(27)14-24(21)32)26-16-28-25(15-29-26)30-10-12-35-13-11-30/h2-7,14-16H,8-13,17H2,1H3. The van der Waals surface area contributed by atoms with Crippen molar-refractivity contribution in [2.75, 3.05) is 42.6 Å². The Morgan fingerprint density at radius 3 is 2.31 bits per heavy atom. The molecular weight excluding hydrogens is 481 g/mol. The van der Waals surface area contributed by atoms with E-state index in [0.717, 1.165) is 41.2 Å². The minimum atomic E-state index is -3.91. The summed E-state index contributed by atoms with van der Waals surface area (Å²) in [6, 6.07) is 11.1. The maximum atomic E-state index is 14.3. The van der Waals surface area contributed by atoms with E-state index in [2.05, 4.69) is 19.8 Å². The maximum Gasteiger partial charge on any atom is 0.268 e. The predicted octanol–water partition coefficient (Wildman–Crippen LogP) is 3.52. The zero-order valence-electron chi connectivity index (χ0n) is 19.9. The van der Waals surface area contributed by atoms with Crippen molar-refractivity contribution in [3.63, 3.8) is 0 Å². The van der Waals surface area contributed by atoms with Crippen molar-refractivity contribution in [2.24, 2.45) is 0 Å². The summed E-state index contributed by atoms with van der Waals surface area (Å²) >= 11 is 0. The van der Waals surface area contributed by atoms with Crippen molar-refractivity contribution in [3.05, 3.63) is 77.5 Å². The van der Waals surface area contributed by atoms with Gasteiger partial charge in [0, 0.05) is 49.2 Å². The summed E-state index contributed by atoms with van der Waals surface area (Å²) in [4.78, 5) is 13.7. The summed E-state index contributed by atoms with van der Waals surface area (Å²) in [5, 5.41) is 0.727. The number of hydrogen-bond acceptors (Lipinski definition) is 7. The molecule has 0 spiro atoms. The largest absolute Gasteiger partial charge is 0.378 e. The van der Waals surface area contributed by atoms with Crippen LogP contribution in [-0.2, 0) is 27.7 Å². The topological polar surface area (TPSA) is 80.6 Å². The highest BCUT2D eigenvalue weighted by Crippen LogP contribution is 2.35. The number of aryl methyl sites for hydroxylation is 1. The van der Waals surface area contributed by atoms with Crippen LogP contribution >= 0.6 is 0 Å². The van der Waals surface area contributed by atoms with Crippen molar-refractivity contribution >= 4 is 32.6 Å². The minimum absolute atomic E-state index is 0.184. The number of halogens is 1. The highest BCUT2D eigenvalue weighted by molar-refractivity contribution is 7.90. The van der Waals surface area contributed by atoms with Crippen molar-refractivity contribution in [3.8, 4) is 0 Å². The fourth-order valence-corrected chi connectivity index (χ4v) is 6.60. The van der Waals surface area contributed by atoms with Crippen LogP contribution in [0.1, 0.15) is 16.8 Å². The quantitative estimate of drug-likeness (QED) is 0.418. The molecule has 8 nitrogen and oxygen atoms in total. The number of aromatic nitrogens is 3. The van der Waals surface area contributed by atoms with Crippen LogP contribution in [0.15, 0.2) is 59.8 Å². The van der Waals surface area contributed by atoms with Gasteiger partial charge in [-0.15, -0.1) is 0 Å². The second kappa shape index (κ2) is 8.86. The lowest BCUT2D eigenvalue weighted by Crippen LogP contribution is -2.37. The average molecular weight is 508 g/mol. The summed E-state index contributed by atoms with van der Waals surface area (Å²) in [5.41, 5.74) is 2.88. The first-order chi connectivity index (χ1) is 17.4. The van der Waals surface area contributed by atoms with Gasteiger partial charge in [-0.25, -0.2) is 26.7 Å². The Labute approximate surface area is 209 Å². The van der Waals surface area contributed by atoms with E-state index < -0.39 is 15.8 Å². The van der Waals surface area contributed by atoms with Crippen LogP contribution in [0.2, 0.25) is 0 Å². The number of benzene rings is 2. The van der Waals surface area contributed by atoms with Crippen molar-refractivity contribution in [1.29, 1.82) is 0 Å². The summed E-state index contributed by atoms with van der Waals surface area (Å²) in [6.45, 7) is 5.85. The fourth-order valence-electron chi connectivity index (χ4n) is 5.01. The zero-order valence-corrected chi connectivity index (χ0v) is 20.7. The van der Waals surface area contributed by atoms with E-state index in [9.17, 15) is 12.8 Å². The van der Waals surface area contributed by atoms with Gasteiger partial charge in [-0.2, -0.15) is 0 Å². The molecule has 1 saturated heterocycles. The van der Waals surface area contributed by atoms with Crippen molar-refractivity contribution in [2.45, 2.75) is 24.8 Å². The Morgan fingerprint density at radius 1 is 0.917 bits per heavy atom. The first kappa shape index (κ1) is 22.9. The van der Waals surface area contributed by atoms with Crippen LogP contribution in [0.25, 0.3) is 10.9 Å². The Bertz CT molecular complexity index is 1530. The van der Waals surface area contributed by atoms with Gasteiger partial charge in [0.15, 0.2) is 0 Å². The first-order valence-corrected chi connectivity index (χ1v) is 13.4. The second-order valence-electron chi connectivity index (χ2n) is 9.17. The molecule has 0 amide bonds. The number of rotatable bonds is 4. The van der Waals surface area contributed by atoms with Gasteiger partial charge in [0.1, 0.15) is 17.5 Å². The van der Waals surface area contributed by atoms with Gasteiger partial charge in [-0.05, 0) is 37.3 Å². The molecule has 0 saturated carbocycles. The molecular formula is C26H26FN5O3S. The molecule has 2 aliphatic rings. The minimum Gasteiger partial charge on any atom is -0.378 e. The number of morpholine rings is 1. The van der Waals surface area contributed by atoms with Crippen LogP contribution in [-0.4, -0.2) is 55.2 Å².